The van der Waals surface area contributed by atoms with Gasteiger partial charge in [-0.3, -0.25) is 4.99 Å². The van der Waals surface area contributed by atoms with Crippen LogP contribution in [-0.2, 0) is 6.54 Å². The molecular weight excluding hydrogens is 425 g/mol. The van der Waals surface area contributed by atoms with E-state index in [0.29, 0.717) is 5.41 Å². The van der Waals surface area contributed by atoms with E-state index in [1.807, 2.05) is 26.4 Å². The normalized spacial score (nSPS) is 12.0. The molecule has 2 N–H and O–H groups in total. The molecular formula is C19H38IN5. The van der Waals surface area contributed by atoms with Gasteiger partial charge in [0.05, 0.1) is 0 Å². The Balaban J connectivity index is 0.00000576. The molecule has 0 unspecified atom stereocenters. The number of hydrogen-bond acceptors (Lipinski definition) is 2. The van der Waals surface area contributed by atoms with Gasteiger partial charge in [-0.05, 0) is 31.6 Å². The molecule has 6 heteroatoms. The molecule has 1 aromatic rings. The summed E-state index contributed by atoms with van der Waals surface area (Å²) in [6.07, 6.45) is 11.4. The second-order valence-electron chi connectivity index (χ2n) is 7.35. The Morgan fingerprint density at radius 1 is 1.20 bits per heavy atom. The van der Waals surface area contributed by atoms with Crippen LogP contribution in [0, 0.1) is 12.3 Å². The Morgan fingerprint density at radius 3 is 2.56 bits per heavy atom. The summed E-state index contributed by atoms with van der Waals surface area (Å²) >= 11 is 0. The van der Waals surface area contributed by atoms with Crippen LogP contribution in [0.2, 0.25) is 0 Å². The van der Waals surface area contributed by atoms with Gasteiger partial charge in [-0.2, -0.15) is 0 Å². The molecule has 0 aliphatic rings. The number of guanidine groups is 1. The summed E-state index contributed by atoms with van der Waals surface area (Å²) in [5.41, 5.74) is 0.311. The van der Waals surface area contributed by atoms with Crippen molar-refractivity contribution in [2.45, 2.75) is 72.8 Å². The molecule has 146 valence electrons. The first-order chi connectivity index (χ1) is 11.5. The van der Waals surface area contributed by atoms with Crippen LogP contribution in [-0.4, -0.2) is 35.6 Å². The lowest BCUT2D eigenvalue weighted by Crippen LogP contribution is -2.42. The van der Waals surface area contributed by atoms with Crippen LogP contribution in [0.15, 0.2) is 17.4 Å². The molecule has 0 amide bonds. The van der Waals surface area contributed by atoms with Gasteiger partial charge in [0.1, 0.15) is 5.82 Å². The lowest BCUT2D eigenvalue weighted by molar-refractivity contribution is 0.318. The van der Waals surface area contributed by atoms with Crippen LogP contribution in [0.4, 0.5) is 0 Å². The smallest absolute Gasteiger partial charge is 0.190 e. The summed E-state index contributed by atoms with van der Waals surface area (Å²) in [5, 5.41) is 6.89. The summed E-state index contributed by atoms with van der Waals surface area (Å²) in [5.74, 6) is 2.00. The topological polar surface area (TPSA) is 54.2 Å². The highest BCUT2D eigenvalue weighted by Crippen LogP contribution is 2.22. The number of aliphatic imine (C=N–C) groups is 1. The van der Waals surface area contributed by atoms with Crippen LogP contribution in [0.3, 0.4) is 0 Å². The van der Waals surface area contributed by atoms with Gasteiger partial charge in [-0.25, -0.2) is 4.98 Å². The van der Waals surface area contributed by atoms with Gasteiger partial charge in [0.2, 0.25) is 0 Å². The summed E-state index contributed by atoms with van der Waals surface area (Å²) in [6, 6.07) is 0. The molecule has 1 aromatic heterocycles. The van der Waals surface area contributed by atoms with E-state index in [1.54, 1.807) is 0 Å². The number of hydrogen-bond donors (Lipinski definition) is 2. The van der Waals surface area contributed by atoms with Crippen LogP contribution < -0.4 is 10.6 Å². The fourth-order valence-electron chi connectivity index (χ4n) is 2.74. The second kappa shape index (κ2) is 13.4. The number of aromatic nitrogens is 2. The van der Waals surface area contributed by atoms with Crippen LogP contribution in [0.25, 0.3) is 0 Å². The number of aryl methyl sites for hydroxylation is 2. The SMILES string of the molecule is CCCCCC(C)(C)CNC(=NC)NCCCCn1ccnc1C.I. The standard InChI is InChI=1S/C19H37N5.HI/c1-6-7-8-11-19(3,4)16-23-18(20-5)22-12-9-10-14-24-15-13-21-17(24)2;/h13,15H,6-12,14,16H2,1-5H3,(H2,20,22,23);1H. The van der Waals surface area contributed by atoms with Crippen molar-refractivity contribution in [2.24, 2.45) is 10.4 Å². The van der Waals surface area contributed by atoms with E-state index in [0.717, 1.165) is 44.3 Å². The Morgan fingerprint density at radius 2 is 1.96 bits per heavy atom. The van der Waals surface area contributed by atoms with Gasteiger partial charge in [-0.15, -0.1) is 24.0 Å². The Labute approximate surface area is 171 Å². The first-order valence-corrected chi connectivity index (χ1v) is 9.41. The minimum absolute atomic E-state index is 0. The van der Waals surface area contributed by atoms with Crippen molar-refractivity contribution in [3.8, 4) is 0 Å². The van der Waals surface area contributed by atoms with E-state index in [-0.39, 0.29) is 24.0 Å². The maximum absolute atomic E-state index is 4.33. The molecule has 0 atom stereocenters. The lowest BCUT2D eigenvalue weighted by Gasteiger charge is -2.26. The molecule has 25 heavy (non-hydrogen) atoms. The van der Waals surface area contributed by atoms with E-state index in [1.165, 1.54) is 25.7 Å². The molecule has 0 bridgehead atoms. The number of nitrogens with one attached hydrogen (secondary N) is 2. The average molecular weight is 463 g/mol. The number of halogens is 1. The second-order valence-corrected chi connectivity index (χ2v) is 7.35. The summed E-state index contributed by atoms with van der Waals surface area (Å²) < 4.78 is 2.20. The first kappa shape index (κ1) is 24.2. The molecule has 0 spiro atoms. The Bertz CT molecular complexity index is 482. The van der Waals surface area contributed by atoms with Crippen molar-refractivity contribution < 1.29 is 0 Å². The predicted molar refractivity (Wildman–Crippen MR) is 119 cm³/mol. The molecule has 0 aromatic carbocycles. The van der Waals surface area contributed by atoms with Crippen molar-refractivity contribution in [3.63, 3.8) is 0 Å². The Hall–Kier alpha value is -0.790. The van der Waals surface area contributed by atoms with Crippen molar-refractivity contribution in [1.82, 2.24) is 20.2 Å². The van der Waals surface area contributed by atoms with Crippen molar-refractivity contribution in [2.75, 3.05) is 20.1 Å². The van der Waals surface area contributed by atoms with E-state index >= 15 is 0 Å². The zero-order chi connectivity index (χ0) is 17.8. The first-order valence-electron chi connectivity index (χ1n) is 9.41. The summed E-state index contributed by atoms with van der Waals surface area (Å²) in [6.45, 7) is 11.9. The minimum atomic E-state index is 0. The number of nitrogens with zero attached hydrogens (tertiary/aromatic N) is 3. The van der Waals surface area contributed by atoms with Gasteiger partial charge in [-0.1, -0.05) is 40.0 Å². The predicted octanol–water partition coefficient (Wildman–Crippen LogP) is 4.36. The molecule has 0 aliphatic heterocycles. The van der Waals surface area contributed by atoms with Crippen LogP contribution in [0.1, 0.15) is 65.1 Å². The maximum Gasteiger partial charge on any atom is 0.190 e. The highest BCUT2D eigenvalue weighted by molar-refractivity contribution is 14.0. The summed E-state index contributed by atoms with van der Waals surface area (Å²) in [7, 11) is 1.84. The molecule has 0 aliphatic carbocycles. The highest BCUT2D eigenvalue weighted by atomic mass is 127. The lowest BCUT2D eigenvalue weighted by atomic mass is 9.87. The van der Waals surface area contributed by atoms with E-state index in [9.17, 15) is 0 Å². The minimum Gasteiger partial charge on any atom is -0.356 e. The van der Waals surface area contributed by atoms with Gasteiger partial charge in [0.15, 0.2) is 5.96 Å². The zero-order valence-electron chi connectivity index (χ0n) is 16.8. The molecule has 0 saturated heterocycles. The number of imidazole rings is 1. The van der Waals surface area contributed by atoms with Crippen molar-refractivity contribution >= 4 is 29.9 Å². The molecule has 0 saturated carbocycles. The average Bonchev–Trinajstić information content (AvgIpc) is 2.95. The third kappa shape index (κ3) is 10.7. The van der Waals surface area contributed by atoms with Crippen LogP contribution in [0.5, 0.6) is 0 Å². The van der Waals surface area contributed by atoms with Crippen LogP contribution >= 0.6 is 24.0 Å². The number of rotatable bonds is 11. The molecule has 1 rings (SSSR count). The monoisotopic (exact) mass is 463 g/mol. The third-order valence-corrected chi connectivity index (χ3v) is 4.46. The van der Waals surface area contributed by atoms with E-state index in [2.05, 4.69) is 45.9 Å². The van der Waals surface area contributed by atoms with Gasteiger partial charge >= 0.3 is 0 Å². The third-order valence-electron chi connectivity index (χ3n) is 4.46. The van der Waals surface area contributed by atoms with Gasteiger partial charge in [0.25, 0.3) is 0 Å². The van der Waals surface area contributed by atoms with Crippen molar-refractivity contribution in [1.29, 1.82) is 0 Å². The quantitative estimate of drug-likeness (QED) is 0.222. The van der Waals surface area contributed by atoms with Gasteiger partial charge < -0.3 is 15.2 Å². The molecule has 0 radical (unpaired) electrons. The van der Waals surface area contributed by atoms with Gasteiger partial charge in [0, 0.05) is 39.1 Å². The fraction of sp³-hybridized carbons (Fsp3) is 0.789. The van der Waals surface area contributed by atoms with E-state index in [4.69, 9.17) is 0 Å². The molecule has 0 fully saturated rings. The number of unbranched alkanes of at least 4 members (excludes halogenated alkanes) is 3. The van der Waals surface area contributed by atoms with Crippen molar-refractivity contribution in [3.05, 3.63) is 18.2 Å². The molecule has 5 nitrogen and oxygen atoms in total. The highest BCUT2D eigenvalue weighted by Gasteiger charge is 2.17. The Kier molecular flexibility index (Phi) is 13.0. The molecule has 1 heterocycles. The summed E-state index contributed by atoms with van der Waals surface area (Å²) in [4.78, 5) is 8.58. The van der Waals surface area contributed by atoms with E-state index < -0.39 is 0 Å². The largest absolute Gasteiger partial charge is 0.356 e. The maximum atomic E-state index is 4.33. The fourth-order valence-corrected chi connectivity index (χ4v) is 2.74. The zero-order valence-corrected chi connectivity index (χ0v) is 19.1.